The highest BCUT2D eigenvalue weighted by Gasteiger charge is 2.20. The number of rotatable bonds is 2. The summed E-state index contributed by atoms with van der Waals surface area (Å²) in [5, 5.41) is 15.7. The maximum atomic E-state index is 2.48. The van der Waals surface area contributed by atoms with Crippen LogP contribution in [0.25, 0.3) is 118 Å². The van der Waals surface area contributed by atoms with Crippen LogP contribution in [-0.2, 0) is 0 Å². The summed E-state index contributed by atoms with van der Waals surface area (Å²) in [6.45, 7) is 0. The molecule has 9 aromatic carbocycles. The zero-order valence-corrected chi connectivity index (χ0v) is 29.3. The van der Waals surface area contributed by atoms with Crippen molar-refractivity contribution in [1.82, 2.24) is 8.97 Å². The zero-order valence-electron chi connectivity index (χ0n) is 28.5. The van der Waals surface area contributed by atoms with Gasteiger partial charge in [-0.2, -0.15) is 0 Å². The molecule has 0 radical (unpaired) electrons. The molecule has 0 amide bonds. The van der Waals surface area contributed by atoms with Gasteiger partial charge in [-0.25, -0.2) is 0 Å². The van der Waals surface area contributed by atoms with Crippen molar-refractivity contribution in [3.8, 4) is 16.8 Å². The van der Waals surface area contributed by atoms with Gasteiger partial charge in [-0.15, -0.1) is 11.3 Å². The van der Waals surface area contributed by atoms with Crippen molar-refractivity contribution in [3.05, 3.63) is 170 Å². The third-order valence-corrected chi connectivity index (χ3v) is 12.9. The number of nitrogens with zero attached hydrogens (tertiary/aromatic N) is 2. The molecule has 0 atom stereocenters. The van der Waals surface area contributed by atoms with Gasteiger partial charge >= 0.3 is 0 Å². The third-order valence-electron chi connectivity index (χ3n) is 11.8. The Kier molecular flexibility index (Phi) is 5.28. The van der Waals surface area contributed by atoms with Crippen molar-refractivity contribution >= 4 is 113 Å². The molecule has 4 heterocycles. The highest BCUT2D eigenvalue weighted by atomic mass is 32.1. The van der Waals surface area contributed by atoms with Gasteiger partial charge in [-0.1, -0.05) is 109 Å². The lowest BCUT2D eigenvalue weighted by Crippen LogP contribution is -1.93. The molecule has 0 unspecified atom stereocenters. The third kappa shape index (κ3) is 3.62. The summed E-state index contributed by atoms with van der Waals surface area (Å²) in [6.07, 6.45) is 0. The van der Waals surface area contributed by atoms with Crippen molar-refractivity contribution in [2.24, 2.45) is 0 Å². The molecular weight excluding hydrogens is 661 g/mol. The number of hydrogen-bond acceptors (Lipinski definition) is 1. The predicted octanol–water partition coefficient (Wildman–Crippen LogP) is 14.3. The molecule has 244 valence electrons. The maximum absolute atomic E-state index is 2.48. The van der Waals surface area contributed by atoms with E-state index >= 15 is 0 Å². The number of aromatic nitrogens is 2. The summed E-state index contributed by atoms with van der Waals surface area (Å²) in [4.78, 5) is 0. The second-order valence-electron chi connectivity index (χ2n) is 14.5. The van der Waals surface area contributed by atoms with E-state index in [0.29, 0.717) is 0 Å². The van der Waals surface area contributed by atoms with Crippen LogP contribution in [0.15, 0.2) is 170 Å². The van der Waals surface area contributed by atoms with Gasteiger partial charge in [-0.05, 0) is 93.3 Å². The highest BCUT2D eigenvalue weighted by molar-refractivity contribution is 7.26. The van der Waals surface area contributed by atoms with E-state index in [1.165, 1.54) is 118 Å². The van der Waals surface area contributed by atoms with Gasteiger partial charge in [0.2, 0.25) is 0 Å². The summed E-state index contributed by atoms with van der Waals surface area (Å²) in [6, 6.07) is 63.3. The molecule has 0 saturated carbocycles. The monoisotopic (exact) mass is 688 g/mol. The fourth-order valence-corrected chi connectivity index (χ4v) is 10.6. The summed E-state index contributed by atoms with van der Waals surface area (Å²) >= 11 is 1.89. The number of thiophene rings is 1. The van der Waals surface area contributed by atoms with E-state index in [4.69, 9.17) is 0 Å². The van der Waals surface area contributed by atoms with Crippen LogP contribution in [0.2, 0.25) is 0 Å². The van der Waals surface area contributed by atoms with E-state index in [2.05, 4.69) is 179 Å². The van der Waals surface area contributed by atoms with Gasteiger partial charge in [0.1, 0.15) is 0 Å². The Morgan fingerprint density at radius 1 is 0.340 bits per heavy atom. The summed E-state index contributed by atoms with van der Waals surface area (Å²) in [5.74, 6) is 0. The van der Waals surface area contributed by atoms with Crippen LogP contribution in [0.5, 0.6) is 0 Å². The Balaban J connectivity index is 0.992. The number of hydrogen-bond donors (Lipinski definition) is 0. The molecular formula is C50H28N2S. The zero-order chi connectivity index (χ0) is 34.4. The molecule has 0 aliphatic rings. The molecule has 0 bridgehead atoms. The molecule has 53 heavy (non-hydrogen) atoms. The minimum atomic E-state index is 1.17. The van der Waals surface area contributed by atoms with E-state index < -0.39 is 0 Å². The summed E-state index contributed by atoms with van der Waals surface area (Å²) < 4.78 is 7.56. The van der Waals surface area contributed by atoms with Crippen LogP contribution in [0, 0.1) is 0 Å². The first-order valence-electron chi connectivity index (χ1n) is 18.3. The Labute approximate surface area is 307 Å². The van der Waals surface area contributed by atoms with Crippen LogP contribution in [0.3, 0.4) is 0 Å². The molecule has 13 aromatic rings. The number of para-hydroxylation sites is 3. The first-order chi connectivity index (χ1) is 26.3. The minimum absolute atomic E-state index is 1.17. The van der Waals surface area contributed by atoms with Gasteiger partial charge in [0.05, 0.1) is 27.6 Å². The van der Waals surface area contributed by atoms with Gasteiger partial charge < -0.3 is 8.97 Å². The molecule has 0 fully saturated rings. The number of fused-ring (bicyclic) bond motifs is 16. The molecule has 0 aliphatic carbocycles. The van der Waals surface area contributed by atoms with Gasteiger partial charge in [0, 0.05) is 58.2 Å². The number of benzene rings is 9. The van der Waals surface area contributed by atoms with Gasteiger partial charge in [0.15, 0.2) is 0 Å². The molecule has 4 aromatic heterocycles. The smallest absolute Gasteiger partial charge is 0.0620 e. The normalized spacial score (nSPS) is 12.5. The topological polar surface area (TPSA) is 9.34 Å². The first-order valence-corrected chi connectivity index (χ1v) is 19.1. The second kappa shape index (κ2) is 10.0. The fourth-order valence-electron chi connectivity index (χ4n) is 9.53. The van der Waals surface area contributed by atoms with E-state index in [1.54, 1.807) is 0 Å². The molecule has 0 saturated heterocycles. The Hall–Kier alpha value is -6.68. The lowest BCUT2D eigenvalue weighted by Gasteiger charge is -2.10. The maximum Gasteiger partial charge on any atom is 0.0620 e. The fraction of sp³-hybridized carbons (Fsp3) is 0. The molecule has 0 N–H and O–H groups in total. The van der Waals surface area contributed by atoms with Crippen LogP contribution < -0.4 is 0 Å². The highest BCUT2D eigenvalue weighted by Crippen LogP contribution is 2.46. The average Bonchev–Trinajstić information content (AvgIpc) is 3.95. The molecule has 3 heteroatoms. The standard InChI is InChI=1S/C50H28N2S/c1-2-9-31-28-45-40(26-30(31)8-1)35-11-4-5-14-42(35)51(45)33-19-16-29(17-20-33)32-18-24-46-41(27-32)49-37-21-23-44-48(36(37)22-25-47(49)53-46)39-13-7-12-38-34-10-3-6-15-43(34)52(44)50(38)39/h1-28H. The molecule has 0 aliphatic heterocycles. The van der Waals surface area contributed by atoms with Crippen LogP contribution in [0.1, 0.15) is 0 Å². The van der Waals surface area contributed by atoms with Crippen LogP contribution in [-0.4, -0.2) is 8.97 Å². The van der Waals surface area contributed by atoms with Crippen LogP contribution in [0.4, 0.5) is 0 Å². The Bertz CT molecular complexity index is 3670. The Morgan fingerprint density at radius 2 is 1.00 bits per heavy atom. The van der Waals surface area contributed by atoms with Gasteiger partial charge in [-0.3, -0.25) is 0 Å². The molecule has 2 nitrogen and oxygen atoms in total. The van der Waals surface area contributed by atoms with Gasteiger partial charge in [0.25, 0.3) is 0 Å². The minimum Gasteiger partial charge on any atom is -0.309 e. The SMILES string of the molecule is c1ccc2cc3c(cc2c1)c1ccccc1n3-c1ccc(-c2ccc3sc4ccc5c(ccc6c5c5cccc7c8ccccc8n6c75)c4c3c2)cc1. The van der Waals surface area contributed by atoms with E-state index in [1.807, 2.05) is 11.3 Å². The molecule has 13 rings (SSSR count). The predicted molar refractivity (Wildman–Crippen MR) is 229 cm³/mol. The van der Waals surface area contributed by atoms with Crippen molar-refractivity contribution in [3.63, 3.8) is 0 Å². The lowest BCUT2D eigenvalue weighted by atomic mass is 9.97. The Morgan fingerprint density at radius 3 is 1.87 bits per heavy atom. The van der Waals surface area contributed by atoms with Crippen molar-refractivity contribution in [2.75, 3.05) is 0 Å². The van der Waals surface area contributed by atoms with Crippen molar-refractivity contribution in [2.45, 2.75) is 0 Å². The second-order valence-corrected chi connectivity index (χ2v) is 15.6. The van der Waals surface area contributed by atoms with E-state index in [0.717, 1.165) is 0 Å². The first kappa shape index (κ1) is 28.0. The average molecular weight is 689 g/mol. The van der Waals surface area contributed by atoms with Crippen molar-refractivity contribution in [1.29, 1.82) is 0 Å². The lowest BCUT2D eigenvalue weighted by molar-refractivity contribution is 1.18. The van der Waals surface area contributed by atoms with E-state index in [-0.39, 0.29) is 0 Å². The summed E-state index contributed by atoms with van der Waals surface area (Å²) in [7, 11) is 0. The largest absolute Gasteiger partial charge is 0.309 e. The quantitative estimate of drug-likeness (QED) is 0.171. The van der Waals surface area contributed by atoms with E-state index in [9.17, 15) is 0 Å². The van der Waals surface area contributed by atoms with Crippen molar-refractivity contribution < 1.29 is 0 Å². The summed E-state index contributed by atoms with van der Waals surface area (Å²) in [5.41, 5.74) is 9.98. The molecule has 0 spiro atoms. The van der Waals surface area contributed by atoms with Crippen LogP contribution >= 0.6 is 11.3 Å².